The van der Waals surface area contributed by atoms with Crippen molar-refractivity contribution in [1.29, 1.82) is 0 Å². The van der Waals surface area contributed by atoms with E-state index in [2.05, 4.69) is 26.3 Å². The van der Waals surface area contributed by atoms with Crippen LogP contribution in [0.15, 0.2) is 22.8 Å². The second-order valence-corrected chi connectivity index (χ2v) is 9.15. The molecule has 1 aromatic heterocycles. The van der Waals surface area contributed by atoms with Gasteiger partial charge in [-0.1, -0.05) is 6.08 Å². The summed E-state index contributed by atoms with van der Waals surface area (Å²) in [4.78, 5) is 13.9. The molecule has 180 valence electrons. The van der Waals surface area contributed by atoms with Crippen LogP contribution in [0.3, 0.4) is 0 Å². The number of fused-ring (bicyclic) bond motifs is 1. The summed E-state index contributed by atoms with van der Waals surface area (Å²) in [5.41, 5.74) is 5.87. The molecule has 3 heterocycles. The molecule has 0 radical (unpaired) electrons. The number of morpholine rings is 2. The highest BCUT2D eigenvalue weighted by molar-refractivity contribution is 6.01. The number of hydrogen-bond acceptors (Lipinski definition) is 9. The Morgan fingerprint density at radius 3 is 2.67 bits per heavy atom. The summed E-state index contributed by atoms with van der Waals surface area (Å²) < 4.78 is 16.9. The maximum absolute atomic E-state index is 6.00. The predicted octanol–water partition coefficient (Wildman–Crippen LogP) is 2.70. The lowest BCUT2D eigenvalue weighted by molar-refractivity contribution is 0.0317. The van der Waals surface area contributed by atoms with Gasteiger partial charge in [0.15, 0.2) is 5.82 Å². The number of hydrazone groups is 1. The molecule has 5 rings (SSSR count). The molecule has 9 nitrogen and oxygen atoms in total. The first kappa shape index (κ1) is 22.6. The summed E-state index contributed by atoms with van der Waals surface area (Å²) in [6.45, 7) is 7.89. The van der Waals surface area contributed by atoms with E-state index in [0.717, 1.165) is 58.2 Å². The zero-order valence-corrected chi connectivity index (χ0v) is 19.5. The van der Waals surface area contributed by atoms with Crippen LogP contribution in [0, 0.1) is 5.92 Å². The molecule has 2 saturated heterocycles. The Bertz CT molecular complexity index is 849. The Hall–Kier alpha value is -2.23. The van der Waals surface area contributed by atoms with Crippen LogP contribution >= 0.6 is 0 Å². The summed E-state index contributed by atoms with van der Waals surface area (Å²) in [6, 6.07) is 2.37. The molecule has 0 spiro atoms. The van der Waals surface area contributed by atoms with Gasteiger partial charge in [0.1, 0.15) is 12.4 Å². The fourth-order valence-electron chi connectivity index (χ4n) is 5.08. The molecule has 1 unspecified atom stereocenters. The lowest BCUT2D eigenvalue weighted by Crippen LogP contribution is -2.39. The van der Waals surface area contributed by atoms with Gasteiger partial charge in [0.2, 0.25) is 0 Å². The summed E-state index contributed by atoms with van der Waals surface area (Å²) in [5.74, 6) is 2.22. The second kappa shape index (κ2) is 11.3. The Labute approximate surface area is 196 Å². The molecule has 2 aliphatic heterocycles. The van der Waals surface area contributed by atoms with Crippen molar-refractivity contribution in [1.82, 2.24) is 14.9 Å². The number of rotatable bonds is 7. The standard InChI is InChI=1S/C24H36N6O3/c1-2-6-20-19(4-1)5-3-7-21(20)27-28-22-18-23(30-11-15-32-16-12-30)26-24(25-22)33-17-10-29-8-13-31-14-9-29/h6,18-19H,1-5,7-17H2,(H,25,26,28)/b27-21-. The Morgan fingerprint density at radius 2 is 1.82 bits per heavy atom. The van der Waals surface area contributed by atoms with Crippen LogP contribution in [-0.2, 0) is 9.47 Å². The Balaban J connectivity index is 1.29. The van der Waals surface area contributed by atoms with Crippen LogP contribution in [0.1, 0.15) is 38.5 Å². The number of allylic oxidation sites excluding steroid dienone is 2. The third-order valence-electron chi connectivity index (χ3n) is 6.94. The summed E-state index contributed by atoms with van der Waals surface area (Å²) >= 11 is 0. The van der Waals surface area contributed by atoms with Crippen LogP contribution in [0.5, 0.6) is 6.01 Å². The minimum absolute atomic E-state index is 0.397. The molecule has 1 aromatic rings. The monoisotopic (exact) mass is 456 g/mol. The van der Waals surface area contributed by atoms with Crippen molar-refractivity contribution in [3.63, 3.8) is 0 Å². The molecule has 0 bridgehead atoms. The van der Waals surface area contributed by atoms with Gasteiger partial charge in [-0.15, -0.1) is 0 Å². The van der Waals surface area contributed by atoms with Crippen LogP contribution in [0.2, 0.25) is 0 Å². The molecular formula is C24H36N6O3. The number of hydrogen-bond donors (Lipinski definition) is 1. The SMILES string of the molecule is C1=C2/C(=N\Nc3cc(N4CCOCC4)nc(OCCN4CCOCC4)n3)CCCC2CCC1. The van der Waals surface area contributed by atoms with Crippen LogP contribution in [0.4, 0.5) is 11.6 Å². The Kier molecular flexibility index (Phi) is 7.70. The van der Waals surface area contributed by atoms with E-state index in [9.17, 15) is 0 Å². The van der Waals surface area contributed by atoms with Gasteiger partial charge in [-0.2, -0.15) is 15.1 Å². The molecule has 3 fully saturated rings. The van der Waals surface area contributed by atoms with Crippen LogP contribution in [-0.4, -0.2) is 86.3 Å². The number of aromatic nitrogens is 2. The van der Waals surface area contributed by atoms with Crippen molar-refractivity contribution >= 4 is 17.3 Å². The van der Waals surface area contributed by atoms with Gasteiger partial charge in [0, 0.05) is 38.8 Å². The normalized spacial score (nSPS) is 25.5. The molecular weight excluding hydrogens is 420 g/mol. The highest BCUT2D eigenvalue weighted by atomic mass is 16.5. The average Bonchev–Trinajstić information content (AvgIpc) is 2.88. The van der Waals surface area contributed by atoms with Crippen molar-refractivity contribution in [3.8, 4) is 6.01 Å². The minimum Gasteiger partial charge on any atom is -0.462 e. The largest absolute Gasteiger partial charge is 0.462 e. The average molecular weight is 457 g/mol. The lowest BCUT2D eigenvalue weighted by atomic mass is 9.77. The van der Waals surface area contributed by atoms with E-state index < -0.39 is 0 Å². The third kappa shape index (κ3) is 6.02. The molecule has 1 saturated carbocycles. The zero-order chi connectivity index (χ0) is 22.3. The summed E-state index contributed by atoms with van der Waals surface area (Å²) in [7, 11) is 0. The maximum Gasteiger partial charge on any atom is 0.320 e. The fourth-order valence-corrected chi connectivity index (χ4v) is 5.08. The van der Waals surface area contributed by atoms with Crippen molar-refractivity contribution in [2.75, 3.05) is 76.1 Å². The predicted molar refractivity (Wildman–Crippen MR) is 128 cm³/mol. The van der Waals surface area contributed by atoms with E-state index in [4.69, 9.17) is 24.3 Å². The lowest BCUT2D eigenvalue weighted by Gasteiger charge is -2.30. The first-order chi connectivity index (χ1) is 16.3. The van der Waals surface area contributed by atoms with Gasteiger partial charge < -0.3 is 19.1 Å². The van der Waals surface area contributed by atoms with Crippen molar-refractivity contribution in [2.24, 2.45) is 11.0 Å². The Morgan fingerprint density at radius 1 is 1.03 bits per heavy atom. The molecule has 2 aliphatic carbocycles. The van der Waals surface area contributed by atoms with Gasteiger partial charge in [-0.25, -0.2) is 0 Å². The van der Waals surface area contributed by atoms with E-state index in [1.54, 1.807) is 0 Å². The van der Waals surface area contributed by atoms with Crippen molar-refractivity contribution in [3.05, 3.63) is 17.7 Å². The smallest absolute Gasteiger partial charge is 0.320 e. The third-order valence-corrected chi connectivity index (χ3v) is 6.94. The van der Waals surface area contributed by atoms with E-state index in [0.29, 0.717) is 37.6 Å². The topological polar surface area (TPSA) is 84.3 Å². The van der Waals surface area contributed by atoms with Gasteiger partial charge in [0.25, 0.3) is 0 Å². The molecule has 0 aromatic carbocycles. The highest BCUT2D eigenvalue weighted by Gasteiger charge is 2.26. The maximum atomic E-state index is 6.00. The summed E-state index contributed by atoms with van der Waals surface area (Å²) in [6.07, 6.45) is 9.69. The van der Waals surface area contributed by atoms with Gasteiger partial charge in [-0.3, -0.25) is 10.3 Å². The molecule has 4 aliphatic rings. The number of nitrogens with one attached hydrogen (secondary N) is 1. The van der Waals surface area contributed by atoms with E-state index in [1.807, 2.05) is 6.07 Å². The summed E-state index contributed by atoms with van der Waals surface area (Å²) in [5, 5.41) is 4.81. The number of nitrogens with zero attached hydrogens (tertiary/aromatic N) is 5. The first-order valence-corrected chi connectivity index (χ1v) is 12.5. The molecule has 9 heteroatoms. The van der Waals surface area contributed by atoms with Gasteiger partial charge >= 0.3 is 6.01 Å². The first-order valence-electron chi connectivity index (χ1n) is 12.5. The van der Waals surface area contributed by atoms with E-state index in [1.165, 1.54) is 43.4 Å². The van der Waals surface area contributed by atoms with Gasteiger partial charge in [0.05, 0.1) is 32.1 Å². The minimum atomic E-state index is 0.397. The molecule has 1 atom stereocenters. The van der Waals surface area contributed by atoms with Crippen LogP contribution < -0.4 is 15.1 Å². The highest BCUT2D eigenvalue weighted by Crippen LogP contribution is 2.35. The van der Waals surface area contributed by atoms with Crippen molar-refractivity contribution in [2.45, 2.75) is 38.5 Å². The molecule has 1 N–H and O–H groups in total. The zero-order valence-electron chi connectivity index (χ0n) is 19.5. The molecule has 33 heavy (non-hydrogen) atoms. The number of ether oxygens (including phenoxy) is 3. The van der Waals surface area contributed by atoms with E-state index in [-0.39, 0.29) is 0 Å². The van der Waals surface area contributed by atoms with Crippen molar-refractivity contribution < 1.29 is 14.2 Å². The second-order valence-electron chi connectivity index (χ2n) is 9.15. The quantitative estimate of drug-likeness (QED) is 0.627. The van der Waals surface area contributed by atoms with Crippen LogP contribution in [0.25, 0.3) is 0 Å². The van der Waals surface area contributed by atoms with E-state index >= 15 is 0 Å². The fraction of sp³-hybridized carbons (Fsp3) is 0.708. The number of anilines is 2. The molecule has 0 amide bonds. The van der Waals surface area contributed by atoms with Gasteiger partial charge in [-0.05, 0) is 50.0 Å².